The van der Waals surface area contributed by atoms with Crippen molar-refractivity contribution < 1.29 is 31.1 Å². The Labute approximate surface area is 231 Å². The molecule has 0 amide bonds. The monoisotopic (exact) mass is 580 g/mol. The van der Waals surface area contributed by atoms with E-state index in [4.69, 9.17) is 14.7 Å². The Morgan fingerprint density at radius 1 is 1.05 bits per heavy atom. The highest BCUT2D eigenvalue weighted by Gasteiger charge is 2.38. The van der Waals surface area contributed by atoms with Crippen molar-refractivity contribution >= 4 is 21.7 Å². The molecule has 0 aliphatic carbocycles. The van der Waals surface area contributed by atoms with E-state index in [0.29, 0.717) is 32.1 Å². The summed E-state index contributed by atoms with van der Waals surface area (Å²) >= 11 is 0. The number of aromatic nitrogens is 2. The molecule has 3 aliphatic rings. The van der Waals surface area contributed by atoms with Gasteiger partial charge in [0.15, 0.2) is 0 Å². The molecule has 14 heteroatoms. The standard InChI is InChI=1S/C26H31F3N6O4S/c27-26(28,29)23-16-31-25(33-24(23)39-21-9-14-38-17-21)32-19-7-12-35(13-8-19)40(36,37)22-3-1-20(2-4-22)34-10-5-18(15-30)6-11-34/h1-4,16,18-19,21H,5-14,17H2,(H,31,32,33)/t21-/m0/s1. The predicted molar refractivity (Wildman–Crippen MR) is 139 cm³/mol. The van der Waals surface area contributed by atoms with Gasteiger partial charge in [0, 0.05) is 56.4 Å². The quantitative estimate of drug-likeness (QED) is 0.523. The number of rotatable bonds is 7. The van der Waals surface area contributed by atoms with Crippen molar-refractivity contribution in [1.29, 1.82) is 5.26 Å². The van der Waals surface area contributed by atoms with Crippen LogP contribution >= 0.6 is 0 Å². The molecule has 1 N–H and O–H groups in total. The molecule has 3 aliphatic heterocycles. The van der Waals surface area contributed by atoms with Crippen molar-refractivity contribution in [2.24, 2.45) is 5.92 Å². The Morgan fingerprint density at radius 2 is 1.75 bits per heavy atom. The van der Waals surface area contributed by atoms with Crippen molar-refractivity contribution in [2.75, 3.05) is 49.6 Å². The third-order valence-corrected chi connectivity index (χ3v) is 9.44. The molecule has 5 rings (SSSR count). The van der Waals surface area contributed by atoms with Gasteiger partial charge in [0.05, 0.1) is 24.2 Å². The third kappa shape index (κ3) is 6.42. The topological polar surface area (TPSA) is 121 Å². The summed E-state index contributed by atoms with van der Waals surface area (Å²) in [6.45, 7) is 2.61. The second-order valence-electron chi connectivity index (χ2n) is 10.2. The van der Waals surface area contributed by atoms with Crippen molar-refractivity contribution in [2.45, 2.75) is 55.3 Å². The molecule has 10 nitrogen and oxygen atoms in total. The minimum Gasteiger partial charge on any atom is -0.471 e. The number of nitrogens with one attached hydrogen (secondary N) is 1. The average molecular weight is 581 g/mol. The van der Waals surface area contributed by atoms with Crippen LogP contribution in [0.25, 0.3) is 0 Å². The second kappa shape index (κ2) is 11.8. The molecule has 2 aromatic rings. The SMILES string of the molecule is N#CC1CCN(c2ccc(S(=O)(=O)N3CCC(Nc4ncc(C(F)(F)F)c(O[C@H]5CCOC5)n4)CC3)cc2)CC1. The summed E-state index contributed by atoms with van der Waals surface area (Å²) in [6.07, 6.45) is -1.55. The summed E-state index contributed by atoms with van der Waals surface area (Å²) in [7, 11) is -3.70. The van der Waals surface area contributed by atoms with Gasteiger partial charge in [-0.15, -0.1) is 0 Å². The van der Waals surface area contributed by atoms with Crippen LogP contribution in [-0.4, -0.2) is 74.2 Å². The first-order valence-corrected chi connectivity index (χ1v) is 14.8. The first kappa shape index (κ1) is 28.4. The van der Waals surface area contributed by atoms with Gasteiger partial charge in [-0.3, -0.25) is 0 Å². The molecule has 1 atom stereocenters. The summed E-state index contributed by atoms with van der Waals surface area (Å²) in [4.78, 5) is 10.2. The Bertz CT molecular complexity index is 1310. The number of halogens is 3. The number of hydrogen-bond acceptors (Lipinski definition) is 9. The molecule has 0 bridgehead atoms. The fourth-order valence-electron chi connectivity index (χ4n) is 5.15. The average Bonchev–Trinajstić information content (AvgIpc) is 3.46. The van der Waals surface area contributed by atoms with Crippen LogP contribution in [0.1, 0.15) is 37.7 Å². The maximum absolute atomic E-state index is 13.5. The molecule has 3 saturated heterocycles. The normalized spacial score (nSPS) is 21.8. The van der Waals surface area contributed by atoms with E-state index in [1.54, 1.807) is 24.3 Å². The van der Waals surface area contributed by atoms with E-state index < -0.39 is 33.7 Å². The van der Waals surface area contributed by atoms with Crippen LogP contribution in [0.4, 0.5) is 24.8 Å². The minimum absolute atomic E-state index is 0.00221. The van der Waals surface area contributed by atoms with E-state index in [9.17, 15) is 21.6 Å². The van der Waals surface area contributed by atoms with E-state index in [1.807, 2.05) is 0 Å². The molecule has 0 radical (unpaired) electrons. The maximum atomic E-state index is 13.5. The number of alkyl halides is 3. The number of sulfonamides is 1. The third-order valence-electron chi connectivity index (χ3n) is 7.53. The Balaban J connectivity index is 1.19. The highest BCUT2D eigenvalue weighted by molar-refractivity contribution is 7.89. The van der Waals surface area contributed by atoms with E-state index in [0.717, 1.165) is 31.6 Å². The molecule has 1 aromatic carbocycles. The second-order valence-corrected chi connectivity index (χ2v) is 12.2. The number of anilines is 2. The van der Waals surface area contributed by atoms with Crippen LogP contribution in [0, 0.1) is 17.2 Å². The van der Waals surface area contributed by atoms with Crippen LogP contribution in [0.2, 0.25) is 0 Å². The first-order chi connectivity index (χ1) is 19.1. The smallest absolute Gasteiger partial charge is 0.423 e. The van der Waals surface area contributed by atoms with E-state index in [-0.39, 0.29) is 42.5 Å². The zero-order valence-electron chi connectivity index (χ0n) is 21.8. The largest absolute Gasteiger partial charge is 0.471 e. The van der Waals surface area contributed by atoms with Gasteiger partial charge in [-0.25, -0.2) is 13.4 Å². The van der Waals surface area contributed by atoms with Crippen molar-refractivity contribution in [3.63, 3.8) is 0 Å². The minimum atomic E-state index is -4.67. The Morgan fingerprint density at radius 3 is 2.35 bits per heavy atom. The lowest BCUT2D eigenvalue weighted by molar-refractivity contribution is -0.139. The van der Waals surface area contributed by atoms with E-state index in [1.165, 1.54) is 4.31 Å². The van der Waals surface area contributed by atoms with Gasteiger partial charge in [0.2, 0.25) is 21.9 Å². The number of nitrogens with zero attached hydrogens (tertiary/aromatic N) is 5. The van der Waals surface area contributed by atoms with Gasteiger partial charge in [-0.1, -0.05) is 0 Å². The molecular formula is C26H31F3N6O4S. The number of nitriles is 1. The van der Waals surface area contributed by atoms with Crippen molar-refractivity contribution in [1.82, 2.24) is 14.3 Å². The van der Waals surface area contributed by atoms with Gasteiger partial charge >= 0.3 is 6.18 Å². The maximum Gasteiger partial charge on any atom is 0.423 e. The Kier molecular flexibility index (Phi) is 8.34. The predicted octanol–water partition coefficient (Wildman–Crippen LogP) is 3.67. The zero-order valence-corrected chi connectivity index (χ0v) is 22.6. The highest BCUT2D eigenvalue weighted by Crippen LogP contribution is 2.36. The van der Waals surface area contributed by atoms with Gasteiger partial charge in [0.25, 0.3) is 0 Å². The van der Waals surface area contributed by atoms with Crippen LogP contribution in [0.5, 0.6) is 5.88 Å². The summed E-state index contributed by atoms with van der Waals surface area (Å²) in [6, 6.07) is 8.91. The molecule has 3 fully saturated rings. The fraction of sp³-hybridized carbons (Fsp3) is 0.577. The molecule has 1 aromatic heterocycles. The summed E-state index contributed by atoms with van der Waals surface area (Å²) in [5, 5.41) is 12.1. The first-order valence-electron chi connectivity index (χ1n) is 13.3. The van der Waals surface area contributed by atoms with Crippen LogP contribution in [0.3, 0.4) is 0 Å². The lowest BCUT2D eigenvalue weighted by Gasteiger charge is -2.32. The van der Waals surface area contributed by atoms with Crippen LogP contribution in [-0.2, 0) is 20.9 Å². The van der Waals surface area contributed by atoms with E-state index in [2.05, 4.69) is 26.3 Å². The van der Waals surface area contributed by atoms with Crippen LogP contribution < -0.4 is 15.0 Å². The number of ether oxygens (including phenoxy) is 2. The van der Waals surface area contributed by atoms with Crippen molar-refractivity contribution in [3.8, 4) is 11.9 Å². The molecular weight excluding hydrogens is 549 g/mol. The summed E-state index contributed by atoms with van der Waals surface area (Å²) in [5.74, 6) is -0.474. The molecule has 0 unspecified atom stereocenters. The van der Waals surface area contributed by atoms with Gasteiger partial charge in [-0.2, -0.15) is 27.7 Å². The number of hydrogen-bond donors (Lipinski definition) is 1. The molecule has 0 saturated carbocycles. The fourth-order valence-corrected chi connectivity index (χ4v) is 6.62. The zero-order chi connectivity index (χ0) is 28.3. The van der Waals surface area contributed by atoms with Gasteiger partial charge in [-0.05, 0) is 49.9 Å². The lowest BCUT2D eigenvalue weighted by Crippen LogP contribution is -2.42. The van der Waals surface area contributed by atoms with Crippen molar-refractivity contribution in [3.05, 3.63) is 36.0 Å². The molecule has 40 heavy (non-hydrogen) atoms. The number of piperidine rings is 2. The van der Waals surface area contributed by atoms with Gasteiger partial charge in [0.1, 0.15) is 11.7 Å². The van der Waals surface area contributed by atoms with Crippen LogP contribution in [0.15, 0.2) is 35.4 Å². The summed E-state index contributed by atoms with van der Waals surface area (Å²) < 4.78 is 79.0. The molecule has 0 spiro atoms. The molecule has 216 valence electrons. The Hall–Kier alpha value is -3.15. The molecule has 4 heterocycles. The number of benzene rings is 1. The lowest BCUT2D eigenvalue weighted by atomic mass is 9.98. The summed E-state index contributed by atoms with van der Waals surface area (Å²) in [5.41, 5.74) is -0.123. The van der Waals surface area contributed by atoms with Gasteiger partial charge < -0.3 is 19.7 Å². The van der Waals surface area contributed by atoms with E-state index >= 15 is 0 Å². The highest BCUT2D eigenvalue weighted by atomic mass is 32.2.